The number of benzene rings is 1. The largest absolute Gasteiger partial charge is 0.456 e. The van der Waals surface area contributed by atoms with Gasteiger partial charge in [-0.25, -0.2) is 0 Å². The van der Waals surface area contributed by atoms with E-state index in [1.165, 1.54) is 18.4 Å². The zero-order valence-electron chi connectivity index (χ0n) is 15.0. The number of esters is 1. The molecule has 136 valence electrons. The number of nitrogens with zero attached hydrogens (tertiary/aromatic N) is 1. The summed E-state index contributed by atoms with van der Waals surface area (Å²) in [7, 11) is 0. The number of carbonyl (C=O) groups is 2. The smallest absolute Gasteiger partial charge is 0.306 e. The van der Waals surface area contributed by atoms with Crippen molar-refractivity contribution in [3.05, 3.63) is 35.9 Å². The zero-order chi connectivity index (χ0) is 17.5. The van der Waals surface area contributed by atoms with Gasteiger partial charge in [0.15, 0.2) is 6.61 Å². The van der Waals surface area contributed by atoms with Crippen molar-refractivity contribution < 1.29 is 14.3 Å². The number of ether oxygens (including phenoxy) is 1. The van der Waals surface area contributed by atoms with Crippen molar-refractivity contribution in [2.24, 2.45) is 11.8 Å². The fourth-order valence-corrected chi connectivity index (χ4v) is 4.08. The summed E-state index contributed by atoms with van der Waals surface area (Å²) >= 11 is 0. The van der Waals surface area contributed by atoms with E-state index in [4.69, 9.17) is 4.74 Å². The van der Waals surface area contributed by atoms with Gasteiger partial charge >= 0.3 is 5.97 Å². The van der Waals surface area contributed by atoms with Crippen molar-refractivity contribution in [3.8, 4) is 0 Å². The van der Waals surface area contributed by atoms with Crippen molar-refractivity contribution in [3.63, 3.8) is 0 Å². The monoisotopic (exact) mass is 343 g/mol. The maximum absolute atomic E-state index is 12.3. The van der Waals surface area contributed by atoms with Crippen LogP contribution in [0.1, 0.15) is 50.5 Å². The third kappa shape index (κ3) is 5.58. The number of hydrogen-bond acceptors (Lipinski definition) is 3. The van der Waals surface area contributed by atoms with Gasteiger partial charge in [-0.05, 0) is 49.5 Å². The van der Waals surface area contributed by atoms with Gasteiger partial charge in [0.1, 0.15) is 0 Å². The summed E-state index contributed by atoms with van der Waals surface area (Å²) in [6.07, 6.45) is 8.29. The van der Waals surface area contributed by atoms with Crippen LogP contribution in [0.2, 0.25) is 0 Å². The van der Waals surface area contributed by atoms with Crippen LogP contribution in [0.15, 0.2) is 30.3 Å². The summed E-state index contributed by atoms with van der Waals surface area (Å²) in [5, 5.41) is 0. The Kier molecular flexibility index (Phi) is 6.48. The lowest BCUT2D eigenvalue weighted by molar-refractivity contribution is -0.153. The lowest BCUT2D eigenvalue weighted by atomic mass is 9.90. The zero-order valence-corrected chi connectivity index (χ0v) is 15.0. The molecule has 25 heavy (non-hydrogen) atoms. The van der Waals surface area contributed by atoms with Crippen molar-refractivity contribution in [1.82, 2.24) is 4.90 Å². The standard InChI is InChI=1S/C21H29NO3/c23-20(16-25-21(24)15-18-8-4-5-9-18)22-12-10-19(11-13-22)14-17-6-2-1-3-7-17/h1-3,6-7,18-19H,4-5,8-16H2. The van der Waals surface area contributed by atoms with Crippen LogP contribution in [0, 0.1) is 11.8 Å². The van der Waals surface area contributed by atoms with Gasteiger partial charge in [0, 0.05) is 19.5 Å². The predicted octanol–water partition coefficient (Wildman–Crippen LogP) is 3.59. The molecule has 1 aliphatic heterocycles. The number of rotatable bonds is 6. The molecule has 1 amide bonds. The molecule has 0 atom stereocenters. The summed E-state index contributed by atoms with van der Waals surface area (Å²) in [6, 6.07) is 10.5. The Morgan fingerprint density at radius 2 is 1.64 bits per heavy atom. The Balaban J connectivity index is 1.34. The van der Waals surface area contributed by atoms with Crippen molar-refractivity contribution in [2.75, 3.05) is 19.7 Å². The van der Waals surface area contributed by atoms with E-state index >= 15 is 0 Å². The van der Waals surface area contributed by atoms with Crippen LogP contribution in [-0.4, -0.2) is 36.5 Å². The number of carbonyl (C=O) groups excluding carboxylic acids is 2. The molecule has 1 aliphatic carbocycles. The second-order valence-electron chi connectivity index (χ2n) is 7.53. The molecule has 0 aromatic heterocycles. The summed E-state index contributed by atoms with van der Waals surface area (Å²) in [6.45, 7) is 1.46. The molecule has 4 heteroatoms. The van der Waals surface area contributed by atoms with Gasteiger partial charge in [-0.3, -0.25) is 9.59 Å². The van der Waals surface area contributed by atoms with E-state index in [2.05, 4.69) is 24.3 Å². The maximum Gasteiger partial charge on any atom is 0.306 e. The maximum atomic E-state index is 12.3. The van der Waals surface area contributed by atoms with E-state index in [1.54, 1.807) is 0 Å². The molecular formula is C21H29NO3. The summed E-state index contributed by atoms with van der Waals surface area (Å²) in [5.41, 5.74) is 1.37. The number of piperidine rings is 1. The second kappa shape index (κ2) is 9.02. The van der Waals surface area contributed by atoms with Gasteiger partial charge in [0.2, 0.25) is 0 Å². The van der Waals surface area contributed by atoms with Gasteiger partial charge in [0.25, 0.3) is 5.91 Å². The SMILES string of the molecule is O=C(CC1CCCC1)OCC(=O)N1CCC(Cc2ccccc2)CC1. The van der Waals surface area contributed by atoms with Gasteiger partial charge in [-0.1, -0.05) is 43.2 Å². The van der Waals surface area contributed by atoms with Crippen molar-refractivity contribution in [2.45, 2.75) is 51.4 Å². The van der Waals surface area contributed by atoms with Crippen LogP contribution < -0.4 is 0 Å². The first-order valence-corrected chi connectivity index (χ1v) is 9.68. The van der Waals surface area contributed by atoms with E-state index in [1.807, 2.05) is 11.0 Å². The van der Waals surface area contributed by atoms with Crippen molar-refractivity contribution in [1.29, 1.82) is 0 Å². The fraction of sp³-hybridized carbons (Fsp3) is 0.619. The lowest BCUT2D eigenvalue weighted by Gasteiger charge is -2.32. The number of amides is 1. The average molecular weight is 343 g/mol. The Morgan fingerprint density at radius 3 is 2.32 bits per heavy atom. The van der Waals surface area contributed by atoms with Crippen LogP contribution in [0.3, 0.4) is 0 Å². The minimum absolute atomic E-state index is 0.0436. The van der Waals surface area contributed by atoms with E-state index in [-0.39, 0.29) is 18.5 Å². The first-order valence-electron chi connectivity index (χ1n) is 9.68. The Bertz CT molecular complexity index is 558. The molecule has 1 saturated carbocycles. The average Bonchev–Trinajstić information content (AvgIpc) is 3.14. The van der Waals surface area contributed by atoms with E-state index in [9.17, 15) is 9.59 Å². The molecule has 0 N–H and O–H groups in total. The quantitative estimate of drug-likeness (QED) is 0.742. The highest BCUT2D eigenvalue weighted by Gasteiger charge is 2.24. The van der Waals surface area contributed by atoms with Gasteiger partial charge in [0.05, 0.1) is 0 Å². The Morgan fingerprint density at radius 1 is 0.960 bits per heavy atom. The van der Waals surface area contributed by atoms with Crippen LogP contribution >= 0.6 is 0 Å². The van der Waals surface area contributed by atoms with Crippen LogP contribution in [-0.2, 0) is 20.7 Å². The molecule has 0 radical (unpaired) electrons. The number of likely N-dealkylation sites (tertiary alicyclic amines) is 1. The number of hydrogen-bond donors (Lipinski definition) is 0. The normalized spacial score (nSPS) is 19.1. The highest BCUT2D eigenvalue weighted by Crippen LogP contribution is 2.27. The van der Waals surface area contributed by atoms with Crippen LogP contribution in [0.4, 0.5) is 0 Å². The summed E-state index contributed by atoms with van der Waals surface area (Å²) in [5.74, 6) is 0.852. The third-order valence-electron chi connectivity index (χ3n) is 5.62. The molecule has 0 spiro atoms. The van der Waals surface area contributed by atoms with Crippen molar-refractivity contribution >= 4 is 11.9 Å². The summed E-state index contributed by atoms with van der Waals surface area (Å²) < 4.78 is 5.21. The Hall–Kier alpha value is -1.84. The molecule has 0 bridgehead atoms. The van der Waals surface area contributed by atoms with E-state index < -0.39 is 0 Å². The van der Waals surface area contributed by atoms with Crippen LogP contribution in [0.5, 0.6) is 0 Å². The Labute approximate surface area is 150 Å². The predicted molar refractivity (Wildman–Crippen MR) is 97.0 cm³/mol. The first kappa shape index (κ1) is 18.0. The molecule has 2 aliphatic rings. The molecular weight excluding hydrogens is 314 g/mol. The lowest BCUT2D eigenvalue weighted by Crippen LogP contribution is -2.41. The molecule has 4 nitrogen and oxygen atoms in total. The molecule has 1 aromatic rings. The van der Waals surface area contributed by atoms with Gasteiger partial charge in [-0.2, -0.15) is 0 Å². The third-order valence-corrected chi connectivity index (χ3v) is 5.62. The minimum Gasteiger partial charge on any atom is -0.456 e. The first-order chi connectivity index (χ1) is 12.2. The molecule has 1 aromatic carbocycles. The van der Waals surface area contributed by atoms with E-state index in [0.717, 1.165) is 45.2 Å². The van der Waals surface area contributed by atoms with Crippen LogP contribution in [0.25, 0.3) is 0 Å². The molecule has 1 heterocycles. The molecule has 1 saturated heterocycles. The van der Waals surface area contributed by atoms with E-state index in [0.29, 0.717) is 18.3 Å². The van der Waals surface area contributed by atoms with Gasteiger partial charge in [-0.15, -0.1) is 0 Å². The molecule has 3 rings (SSSR count). The van der Waals surface area contributed by atoms with Gasteiger partial charge < -0.3 is 9.64 Å². The molecule has 2 fully saturated rings. The minimum atomic E-state index is -0.209. The summed E-state index contributed by atoms with van der Waals surface area (Å²) in [4.78, 5) is 26.0. The fourth-order valence-electron chi connectivity index (χ4n) is 4.08. The highest BCUT2D eigenvalue weighted by atomic mass is 16.5. The molecule has 0 unspecified atom stereocenters. The second-order valence-corrected chi connectivity index (χ2v) is 7.53. The highest BCUT2D eigenvalue weighted by molar-refractivity contribution is 5.80. The topological polar surface area (TPSA) is 46.6 Å².